The molecule has 0 fully saturated rings. The van der Waals surface area contributed by atoms with Gasteiger partial charge in [0.15, 0.2) is 5.82 Å². The number of carbonyl (C=O) groups excluding carboxylic acids is 1. The summed E-state index contributed by atoms with van der Waals surface area (Å²) in [5.41, 5.74) is 6.89. The maximum Gasteiger partial charge on any atom is 0.320 e. The van der Waals surface area contributed by atoms with Crippen molar-refractivity contribution in [2.75, 3.05) is 0 Å². The smallest absolute Gasteiger partial charge is 0.320 e. The lowest BCUT2D eigenvalue weighted by Gasteiger charge is -2.08. The number of carboxylic acids is 1. The molecule has 21 heavy (non-hydrogen) atoms. The zero-order chi connectivity index (χ0) is 15.4. The molecule has 0 bridgehead atoms. The number of nitrogens with one attached hydrogen (secondary N) is 1. The monoisotopic (exact) mass is 287 g/mol. The van der Waals surface area contributed by atoms with Crippen molar-refractivity contribution in [1.29, 1.82) is 0 Å². The van der Waals surface area contributed by atoms with Gasteiger partial charge in [0.05, 0.1) is 0 Å². The molecule has 2 rings (SSSR count). The van der Waals surface area contributed by atoms with Crippen LogP contribution in [0.5, 0.6) is 0 Å². The number of nitrogens with zero attached hydrogens (tertiary/aromatic N) is 1. The number of Topliss-reactive ketones (excluding diaryl/α,β-unsaturated/α-hetero) is 1. The van der Waals surface area contributed by atoms with E-state index >= 15 is 0 Å². The van der Waals surface area contributed by atoms with Gasteiger partial charge in [0.1, 0.15) is 6.04 Å². The van der Waals surface area contributed by atoms with Crippen LogP contribution in [-0.2, 0) is 11.2 Å². The number of aromatic amines is 1. The maximum absolute atomic E-state index is 12.3. The fourth-order valence-corrected chi connectivity index (χ4v) is 2.01. The van der Waals surface area contributed by atoms with E-state index < -0.39 is 12.0 Å². The highest BCUT2D eigenvalue weighted by Gasteiger charge is 2.21. The fraction of sp³-hybridized carbons (Fsp3) is 0.267. The standard InChI is InChI=1S/C15H17N3O3/c1-9(10-5-3-2-4-6-10)13(19)14-17-8-11(18-14)7-12(16)15(20)21/h2-6,8-9,12H,7,16H2,1H3,(H,17,18)(H,20,21). The summed E-state index contributed by atoms with van der Waals surface area (Å²) in [6.07, 6.45) is 1.56. The van der Waals surface area contributed by atoms with Crippen molar-refractivity contribution in [3.05, 3.63) is 53.6 Å². The third-order valence-electron chi connectivity index (χ3n) is 3.31. The number of H-pyrrole nitrogens is 1. The van der Waals surface area contributed by atoms with Crippen molar-refractivity contribution in [3.8, 4) is 0 Å². The predicted molar refractivity (Wildman–Crippen MR) is 77.1 cm³/mol. The number of aromatic nitrogens is 2. The van der Waals surface area contributed by atoms with Crippen LogP contribution in [0.25, 0.3) is 0 Å². The minimum atomic E-state index is -1.09. The third-order valence-corrected chi connectivity index (χ3v) is 3.31. The van der Waals surface area contributed by atoms with Gasteiger partial charge in [-0.2, -0.15) is 0 Å². The number of hydrogen-bond donors (Lipinski definition) is 3. The Balaban J connectivity index is 2.10. The van der Waals surface area contributed by atoms with Gasteiger partial charge >= 0.3 is 5.97 Å². The number of carbonyl (C=O) groups is 2. The lowest BCUT2D eigenvalue weighted by Crippen LogP contribution is -2.32. The van der Waals surface area contributed by atoms with Crippen molar-refractivity contribution in [1.82, 2.24) is 9.97 Å². The van der Waals surface area contributed by atoms with Crippen LogP contribution in [0.1, 0.15) is 34.7 Å². The highest BCUT2D eigenvalue weighted by molar-refractivity contribution is 5.97. The van der Waals surface area contributed by atoms with E-state index in [-0.39, 0.29) is 23.9 Å². The van der Waals surface area contributed by atoms with Crippen molar-refractivity contribution in [3.63, 3.8) is 0 Å². The van der Waals surface area contributed by atoms with Crippen molar-refractivity contribution in [2.24, 2.45) is 5.73 Å². The van der Waals surface area contributed by atoms with Gasteiger partial charge in [-0.25, -0.2) is 4.98 Å². The number of aliphatic carboxylic acids is 1. The molecule has 110 valence electrons. The molecule has 0 aliphatic rings. The Morgan fingerprint density at radius 1 is 1.33 bits per heavy atom. The first kappa shape index (κ1) is 14.9. The number of benzene rings is 1. The summed E-state index contributed by atoms with van der Waals surface area (Å²) >= 11 is 0. The Bertz CT molecular complexity index is 637. The first-order chi connectivity index (χ1) is 9.99. The molecule has 2 aromatic rings. The van der Waals surface area contributed by atoms with Gasteiger partial charge in [0.2, 0.25) is 5.78 Å². The molecule has 0 saturated carbocycles. The molecule has 0 amide bonds. The minimum absolute atomic E-state index is 0.106. The predicted octanol–water partition coefficient (Wildman–Crippen LogP) is 1.35. The molecule has 0 aliphatic heterocycles. The lowest BCUT2D eigenvalue weighted by atomic mass is 9.96. The van der Waals surface area contributed by atoms with Crippen molar-refractivity contribution >= 4 is 11.8 Å². The van der Waals surface area contributed by atoms with E-state index in [2.05, 4.69) is 9.97 Å². The van der Waals surface area contributed by atoms with Crippen LogP contribution in [0.4, 0.5) is 0 Å². The van der Waals surface area contributed by atoms with Crippen LogP contribution in [0.2, 0.25) is 0 Å². The average molecular weight is 287 g/mol. The van der Waals surface area contributed by atoms with Crippen LogP contribution in [0, 0.1) is 0 Å². The molecule has 1 aromatic carbocycles. The van der Waals surface area contributed by atoms with Gasteiger partial charge in [-0.15, -0.1) is 0 Å². The Labute approximate surface area is 122 Å². The summed E-state index contributed by atoms with van der Waals surface area (Å²) in [4.78, 5) is 29.9. The number of rotatable bonds is 6. The van der Waals surface area contributed by atoms with Crippen LogP contribution in [0.15, 0.2) is 36.5 Å². The second-order valence-corrected chi connectivity index (χ2v) is 4.90. The van der Waals surface area contributed by atoms with Crippen LogP contribution in [0.3, 0.4) is 0 Å². The summed E-state index contributed by atoms with van der Waals surface area (Å²) in [6, 6.07) is 8.38. The molecular weight excluding hydrogens is 270 g/mol. The molecule has 1 aromatic heterocycles. The SMILES string of the molecule is CC(C(=O)c1ncc(CC(N)C(=O)O)[nH]1)c1ccccc1. The molecule has 0 spiro atoms. The van der Waals surface area contributed by atoms with Gasteiger partial charge in [-0.1, -0.05) is 37.3 Å². The zero-order valence-electron chi connectivity index (χ0n) is 11.6. The second-order valence-electron chi connectivity index (χ2n) is 4.90. The fourth-order valence-electron chi connectivity index (χ4n) is 2.01. The normalized spacial score (nSPS) is 13.6. The van der Waals surface area contributed by atoms with E-state index in [1.807, 2.05) is 37.3 Å². The Morgan fingerprint density at radius 2 is 2.00 bits per heavy atom. The summed E-state index contributed by atoms with van der Waals surface area (Å²) in [5, 5.41) is 8.77. The first-order valence-electron chi connectivity index (χ1n) is 6.60. The number of imidazole rings is 1. The number of hydrogen-bond acceptors (Lipinski definition) is 4. The third kappa shape index (κ3) is 3.55. The molecule has 2 atom stereocenters. The Hall–Kier alpha value is -2.47. The number of ketones is 1. The highest BCUT2D eigenvalue weighted by Crippen LogP contribution is 2.19. The molecule has 1 heterocycles. The van der Waals surface area contributed by atoms with Gasteiger partial charge in [0.25, 0.3) is 0 Å². The molecule has 4 N–H and O–H groups in total. The molecule has 6 nitrogen and oxygen atoms in total. The van der Waals surface area contributed by atoms with Crippen LogP contribution >= 0.6 is 0 Å². The van der Waals surface area contributed by atoms with Crippen LogP contribution < -0.4 is 5.73 Å². The quantitative estimate of drug-likeness (QED) is 0.695. The minimum Gasteiger partial charge on any atom is -0.480 e. The Morgan fingerprint density at radius 3 is 2.62 bits per heavy atom. The van der Waals surface area contributed by atoms with Gasteiger partial charge in [-0.05, 0) is 5.56 Å². The summed E-state index contributed by atoms with van der Waals surface area (Å²) < 4.78 is 0. The lowest BCUT2D eigenvalue weighted by molar-refractivity contribution is -0.138. The van der Waals surface area contributed by atoms with Crippen molar-refractivity contribution in [2.45, 2.75) is 25.3 Å². The molecule has 2 unspecified atom stereocenters. The average Bonchev–Trinajstić information content (AvgIpc) is 2.95. The van der Waals surface area contributed by atoms with E-state index in [0.717, 1.165) is 5.56 Å². The maximum atomic E-state index is 12.3. The molecule has 0 saturated heterocycles. The van der Waals surface area contributed by atoms with Crippen molar-refractivity contribution < 1.29 is 14.7 Å². The van der Waals surface area contributed by atoms with Gasteiger partial charge in [-0.3, -0.25) is 9.59 Å². The van der Waals surface area contributed by atoms with Crippen LogP contribution in [-0.4, -0.2) is 32.9 Å². The zero-order valence-corrected chi connectivity index (χ0v) is 11.6. The van der Waals surface area contributed by atoms with Gasteiger partial charge < -0.3 is 15.8 Å². The summed E-state index contributed by atoms with van der Waals surface area (Å²) in [5.74, 6) is -1.33. The second kappa shape index (κ2) is 6.32. The summed E-state index contributed by atoms with van der Waals surface area (Å²) in [6.45, 7) is 1.81. The molecule has 0 aliphatic carbocycles. The first-order valence-corrected chi connectivity index (χ1v) is 6.60. The van der Waals surface area contributed by atoms with E-state index in [1.165, 1.54) is 6.20 Å². The van der Waals surface area contributed by atoms with E-state index in [1.54, 1.807) is 0 Å². The number of carboxylic acid groups (broad SMARTS) is 1. The van der Waals surface area contributed by atoms with E-state index in [0.29, 0.717) is 5.69 Å². The number of nitrogens with two attached hydrogens (primary N) is 1. The molecular formula is C15H17N3O3. The van der Waals surface area contributed by atoms with E-state index in [4.69, 9.17) is 10.8 Å². The molecule has 0 radical (unpaired) electrons. The molecule has 6 heteroatoms. The Kier molecular flexibility index (Phi) is 4.49. The summed E-state index contributed by atoms with van der Waals surface area (Å²) in [7, 11) is 0. The van der Waals surface area contributed by atoms with Gasteiger partial charge in [0, 0.05) is 24.2 Å². The highest BCUT2D eigenvalue weighted by atomic mass is 16.4. The topological polar surface area (TPSA) is 109 Å². The van der Waals surface area contributed by atoms with E-state index in [9.17, 15) is 9.59 Å². The largest absolute Gasteiger partial charge is 0.480 e.